The van der Waals surface area contributed by atoms with Crippen LogP contribution in [0.4, 0.5) is 10.2 Å². The first-order valence-electron chi connectivity index (χ1n) is 9.35. The minimum Gasteiger partial charge on any atom is -0.493 e. The molecule has 3 aromatic rings. The maximum atomic E-state index is 13.8. The van der Waals surface area contributed by atoms with E-state index in [0.717, 1.165) is 42.9 Å². The third-order valence-electron chi connectivity index (χ3n) is 4.85. The van der Waals surface area contributed by atoms with Crippen molar-refractivity contribution in [2.24, 2.45) is 0 Å². The van der Waals surface area contributed by atoms with E-state index in [9.17, 15) is 9.50 Å². The highest BCUT2D eigenvalue weighted by atomic mass is 19.1. The van der Waals surface area contributed by atoms with Gasteiger partial charge in [0.1, 0.15) is 11.6 Å². The van der Waals surface area contributed by atoms with Crippen LogP contribution in [-0.4, -0.2) is 45.3 Å². The summed E-state index contributed by atoms with van der Waals surface area (Å²) in [6.07, 6.45) is 7.63. The number of aliphatic hydroxyl groups excluding tert-OH is 1. The van der Waals surface area contributed by atoms with Crippen molar-refractivity contribution in [1.82, 2.24) is 14.4 Å². The lowest BCUT2D eigenvalue weighted by molar-refractivity contribution is 0.198. The van der Waals surface area contributed by atoms with Crippen molar-refractivity contribution in [3.63, 3.8) is 0 Å². The van der Waals surface area contributed by atoms with Gasteiger partial charge in [-0.1, -0.05) is 13.3 Å². The van der Waals surface area contributed by atoms with E-state index in [2.05, 4.69) is 16.9 Å². The van der Waals surface area contributed by atoms with Gasteiger partial charge in [0.25, 0.3) is 0 Å². The van der Waals surface area contributed by atoms with E-state index in [1.165, 1.54) is 12.1 Å². The number of β-amino-alcohol motifs (C(OH)–C–C–N with tert-alkyl or cyclic N) is 1. The second-order valence-electron chi connectivity index (χ2n) is 6.82. The van der Waals surface area contributed by atoms with E-state index < -0.39 is 0 Å². The molecular weight excluding hydrogens is 347 g/mol. The van der Waals surface area contributed by atoms with Crippen LogP contribution < -0.4 is 9.64 Å². The second kappa shape index (κ2) is 7.52. The topological polar surface area (TPSA) is 62.9 Å². The van der Waals surface area contributed by atoms with Gasteiger partial charge in [-0.3, -0.25) is 4.40 Å². The number of aliphatic hydroxyl groups is 1. The predicted octanol–water partition coefficient (Wildman–Crippen LogP) is 3.29. The number of ether oxygens (including phenoxy) is 1. The standard InChI is InChI=1S/C20H23FN4O2/c1-2-3-10-27-18-11-14(21)4-5-16(18)17-12-23-20-19(22-7-9-25(17)20)24-8-6-15(26)13-24/h4-5,7,9,11-12,15,26H,2-3,6,8,10,13H2,1H3. The lowest BCUT2D eigenvalue weighted by Crippen LogP contribution is -2.23. The van der Waals surface area contributed by atoms with Crippen LogP contribution >= 0.6 is 0 Å². The van der Waals surface area contributed by atoms with Crippen LogP contribution in [0.1, 0.15) is 26.2 Å². The van der Waals surface area contributed by atoms with Gasteiger partial charge >= 0.3 is 0 Å². The maximum Gasteiger partial charge on any atom is 0.180 e. The molecule has 6 nitrogen and oxygen atoms in total. The zero-order valence-corrected chi connectivity index (χ0v) is 15.3. The molecule has 7 heteroatoms. The molecule has 0 saturated carbocycles. The monoisotopic (exact) mass is 370 g/mol. The van der Waals surface area contributed by atoms with Gasteiger partial charge in [-0.2, -0.15) is 0 Å². The first-order valence-corrected chi connectivity index (χ1v) is 9.35. The molecule has 1 aliphatic heterocycles. The highest BCUT2D eigenvalue weighted by Gasteiger charge is 2.24. The second-order valence-corrected chi connectivity index (χ2v) is 6.82. The van der Waals surface area contributed by atoms with Crippen LogP contribution in [0.5, 0.6) is 5.75 Å². The molecular formula is C20H23FN4O2. The van der Waals surface area contributed by atoms with Gasteiger partial charge in [-0.25, -0.2) is 14.4 Å². The van der Waals surface area contributed by atoms with Crippen molar-refractivity contribution >= 4 is 11.5 Å². The molecule has 0 radical (unpaired) electrons. The van der Waals surface area contributed by atoms with Crippen LogP contribution in [0, 0.1) is 5.82 Å². The molecule has 142 valence electrons. The first kappa shape index (κ1) is 17.7. The number of fused-ring (bicyclic) bond motifs is 1. The van der Waals surface area contributed by atoms with E-state index in [1.807, 2.05) is 15.5 Å². The summed E-state index contributed by atoms with van der Waals surface area (Å²) < 4.78 is 21.5. The number of hydrogen-bond donors (Lipinski definition) is 1. The number of nitrogens with zero attached hydrogens (tertiary/aromatic N) is 4. The molecule has 1 aromatic carbocycles. The van der Waals surface area contributed by atoms with Crippen molar-refractivity contribution < 1.29 is 14.2 Å². The van der Waals surface area contributed by atoms with Gasteiger partial charge in [0.2, 0.25) is 0 Å². The number of unbranched alkanes of at least 4 members (excludes halogenated alkanes) is 1. The fourth-order valence-electron chi connectivity index (χ4n) is 3.42. The highest BCUT2D eigenvalue weighted by molar-refractivity contribution is 5.74. The summed E-state index contributed by atoms with van der Waals surface area (Å²) in [5, 5.41) is 9.83. The molecule has 1 aliphatic rings. The van der Waals surface area contributed by atoms with Gasteiger partial charge in [0.05, 0.1) is 24.6 Å². The van der Waals surface area contributed by atoms with Gasteiger partial charge in [-0.15, -0.1) is 0 Å². The van der Waals surface area contributed by atoms with Crippen molar-refractivity contribution in [3.8, 4) is 17.0 Å². The average molecular weight is 370 g/mol. The lowest BCUT2D eigenvalue weighted by Gasteiger charge is -2.17. The normalized spacial score (nSPS) is 17.0. The molecule has 0 amide bonds. The fraction of sp³-hybridized carbons (Fsp3) is 0.400. The molecule has 27 heavy (non-hydrogen) atoms. The van der Waals surface area contributed by atoms with Crippen LogP contribution in [0.3, 0.4) is 0 Å². The lowest BCUT2D eigenvalue weighted by atomic mass is 10.1. The van der Waals surface area contributed by atoms with Gasteiger partial charge < -0.3 is 14.7 Å². The summed E-state index contributed by atoms with van der Waals surface area (Å²) >= 11 is 0. The Kier molecular flexibility index (Phi) is 4.94. The van der Waals surface area contributed by atoms with Crippen molar-refractivity contribution in [2.75, 3.05) is 24.6 Å². The first-order chi connectivity index (χ1) is 13.2. The highest BCUT2D eigenvalue weighted by Crippen LogP contribution is 2.33. The molecule has 1 atom stereocenters. The molecule has 1 unspecified atom stereocenters. The van der Waals surface area contributed by atoms with Crippen LogP contribution in [0.15, 0.2) is 36.8 Å². The van der Waals surface area contributed by atoms with Crippen LogP contribution in [0.2, 0.25) is 0 Å². The molecule has 1 fully saturated rings. The van der Waals surface area contributed by atoms with Crippen LogP contribution in [-0.2, 0) is 0 Å². The smallest absolute Gasteiger partial charge is 0.180 e. The van der Waals surface area contributed by atoms with Crippen molar-refractivity contribution in [2.45, 2.75) is 32.3 Å². The number of hydrogen-bond acceptors (Lipinski definition) is 5. The SMILES string of the molecule is CCCCOc1cc(F)ccc1-c1cnc2c(N3CCC(O)C3)nccn12. The maximum absolute atomic E-state index is 13.8. The summed E-state index contributed by atoms with van der Waals surface area (Å²) in [5.74, 6) is 0.934. The molecule has 2 aromatic heterocycles. The Morgan fingerprint density at radius 3 is 3.00 bits per heavy atom. The number of rotatable bonds is 6. The van der Waals surface area contributed by atoms with E-state index in [4.69, 9.17) is 4.74 Å². The zero-order valence-electron chi connectivity index (χ0n) is 15.3. The minimum atomic E-state index is -0.336. The fourth-order valence-corrected chi connectivity index (χ4v) is 3.42. The minimum absolute atomic E-state index is 0.326. The number of aromatic nitrogens is 3. The molecule has 1 N–H and O–H groups in total. The molecule has 0 bridgehead atoms. The Balaban J connectivity index is 1.75. The summed E-state index contributed by atoms with van der Waals surface area (Å²) in [5.41, 5.74) is 2.32. The van der Waals surface area contributed by atoms with Gasteiger partial charge in [-0.05, 0) is 25.0 Å². The Bertz CT molecular complexity index is 943. The molecule has 0 aliphatic carbocycles. The van der Waals surface area contributed by atoms with Gasteiger partial charge in [0.15, 0.2) is 11.5 Å². The molecule has 0 spiro atoms. The average Bonchev–Trinajstić information content (AvgIpc) is 3.28. The van der Waals surface area contributed by atoms with E-state index in [1.54, 1.807) is 18.5 Å². The molecule has 1 saturated heterocycles. The van der Waals surface area contributed by atoms with E-state index in [-0.39, 0.29) is 11.9 Å². The van der Waals surface area contributed by atoms with Crippen LogP contribution in [0.25, 0.3) is 16.9 Å². The number of benzene rings is 1. The van der Waals surface area contributed by atoms with E-state index in [0.29, 0.717) is 24.5 Å². The third-order valence-corrected chi connectivity index (χ3v) is 4.85. The number of halogens is 1. The predicted molar refractivity (Wildman–Crippen MR) is 102 cm³/mol. The Labute approximate surface area is 157 Å². The van der Waals surface area contributed by atoms with Crippen molar-refractivity contribution in [3.05, 3.63) is 42.6 Å². The summed E-state index contributed by atoms with van der Waals surface area (Å²) in [6.45, 7) is 3.93. The quantitative estimate of drug-likeness (QED) is 0.675. The molecule has 3 heterocycles. The van der Waals surface area contributed by atoms with E-state index >= 15 is 0 Å². The summed E-state index contributed by atoms with van der Waals surface area (Å²) in [6, 6.07) is 4.57. The van der Waals surface area contributed by atoms with Gasteiger partial charge in [0, 0.05) is 37.1 Å². The summed E-state index contributed by atoms with van der Waals surface area (Å²) in [7, 11) is 0. The largest absolute Gasteiger partial charge is 0.493 e. The summed E-state index contributed by atoms with van der Waals surface area (Å²) in [4.78, 5) is 11.1. The Morgan fingerprint density at radius 1 is 1.33 bits per heavy atom. The Morgan fingerprint density at radius 2 is 2.22 bits per heavy atom. The third kappa shape index (κ3) is 3.47. The number of imidazole rings is 1. The molecule has 4 rings (SSSR count). The number of anilines is 1. The zero-order chi connectivity index (χ0) is 18.8. The Hall–Kier alpha value is -2.67. The van der Waals surface area contributed by atoms with Crippen molar-refractivity contribution in [1.29, 1.82) is 0 Å².